The molecule has 26 heavy (non-hydrogen) atoms. The Morgan fingerprint density at radius 3 is 2.77 bits per heavy atom. The highest BCUT2D eigenvalue weighted by Gasteiger charge is 2.20. The lowest BCUT2D eigenvalue weighted by Crippen LogP contribution is -2.08. The van der Waals surface area contributed by atoms with Crippen LogP contribution >= 0.6 is 0 Å². The maximum Gasteiger partial charge on any atom is 0.360 e. The third kappa shape index (κ3) is 2.95. The second kappa shape index (κ2) is 6.80. The van der Waals surface area contributed by atoms with Crippen LogP contribution < -0.4 is 0 Å². The largest absolute Gasteiger partial charge is 0.505 e. The minimum absolute atomic E-state index is 0.0590. The first-order chi connectivity index (χ1) is 12.5. The van der Waals surface area contributed by atoms with E-state index in [1.165, 1.54) is 22.9 Å². The van der Waals surface area contributed by atoms with Gasteiger partial charge in [-0.25, -0.2) is 18.6 Å². The SMILES string of the molecule is CCOC(=O)c1ncc2c(cc(C#N)n2Cc2ccc(F)c(F)c2)c1O. The third-order valence-electron chi connectivity index (χ3n) is 3.84. The summed E-state index contributed by atoms with van der Waals surface area (Å²) in [6, 6.07) is 6.79. The van der Waals surface area contributed by atoms with Gasteiger partial charge < -0.3 is 14.4 Å². The van der Waals surface area contributed by atoms with Crippen molar-refractivity contribution in [2.24, 2.45) is 0 Å². The molecule has 0 saturated heterocycles. The average Bonchev–Trinajstić information content (AvgIpc) is 2.97. The van der Waals surface area contributed by atoms with Crippen molar-refractivity contribution in [3.05, 3.63) is 59.0 Å². The van der Waals surface area contributed by atoms with Crippen LogP contribution in [0.5, 0.6) is 5.75 Å². The van der Waals surface area contributed by atoms with Crippen LogP contribution in [0.1, 0.15) is 28.7 Å². The number of nitriles is 1. The number of carbonyl (C=O) groups excluding carboxylic acids is 1. The Hall–Kier alpha value is -3.47. The number of esters is 1. The fourth-order valence-corrected chi connectivity index (χ4v) is 2.64. The van der Waals surface area contributed by atoms with Gasteiger partial charge in [0.25, 0.3) is 0 Å². The van der Waals surface area contributed by atoms with Crippen LogP contribution in [0.3, 0.4) is 0 Å². The fourth-order valence-electron chi connectivity index (χ4n) is 2.64. The molecule has 1 N–H and O–H groups in total. The van der Waals surface area contributed by atoms with Crippen LogP contribution in [-0.2, 0) is 11.3 Å². The monoisotopic (exact) mass is 357 g/mol. The fraction of sp³-hybridized carbons (Fsp3) is 0.167. The molecule has 0 fully saturated rings. The molecule has 0 saturated carbocycles. The van der Waals surface area contributed by atoms with Crippen LogP contribution in [0.2, 0.25) is 0 Å². The maximum atomic E-state index is 13.4. The molecule has 0 bridgehead atoms. The Balaban J connectivity index is 2.10. The topological polar surface area (TPSA) is 88.1 Å². The summed E-state index contributed by atoms with van der Waals surface area (Å²) in [6.45, 7) is 1.81. The highest BCUT2D eigenvalue weighted by atomic mass is 19.2. The third-order valence-corrected chi connectivity index (χ3v) is 3.84. The van der Waals surface area contributed by atoms with Crippen molar-refractivity contribution in [1.82, 2.24) is 9.55 Å². The minimum Gasteiger partial charge on any atom is -0.505 e. The van der Waals surface area contributed by atoms with Gasteiger partial charge in [0.2, 0.25) is 0 Å². The average molecular weight is 357 g/mol. The molecule has 8 heteroatoms. The smallest absolute Gasteiger partial charge is 0.360 e. The molecule has 0 atom stereocenters. The number of fused-ring (bicyclic) bond motifs is 1. The maximum absolute atomic E-state index is 13.4. The molecular formula is C18H13F2N3O3. The van der Waals surface area contributed by atoms with Gasteiger partial charge in [-0.15, -0.1) is 0 Å². The summed E-state index contributed by atoms with van der Waals surface area (Å²) in [6.07, 6.45) is 1.32. The van der Waals surface area contributed by atoms with E-state index in [2.05, 4.69) is 4.98 Å². The van der Waals surface area contributed by atoms with Crippen molar-refractivity contribution in [3.63, 3.8) is 0 Å². The summed E-state index contributed by atoms with van der Waals surface area (Å²) in [5, 5.41) is 19.9. The molecule has 132 valence electrons. The van der Waals surface area contributed by atoms with Gasteiger partial charge in [0.1, 0.15) is 11.8 Å². The zero-order chi connectivity index (χ0) is 18.8. The quantitative estimate of drug-likeness (QED) is 0.725. The van der Waals surface area contributed by atoms with E-state index in [1.807, 2.05) is 6.07 Å². The van der Waals surface area contributed by atoms with Crippen molar-refractivity contribution in [3.8, 4) is 11.8 Å². The molecule has 0 aliphatic carbocycles. The Kier molecular flexibility index (Phi) is 4.54. The number of pyridine rings is 1. The van der Waals surface area contributed by atoms with E-state index >= 15 is 0 Å². The number of carbonyl (C=O) groups is 1. The van der Waals surface area contributed by atoms with E-state index in [9.17, 15) is 23.9 Å². The lowest BCUT2D eigenvalue weighted by Gasteiger charge is -2.09. The van der Waals surface area contributed by atoms with Crippen LogP contribution in [0.15, 0.2) is 30.5 Å². The van der Waals surface area contributed by atoms with E-state index < -0.39 is 23.4 Å². The number of hydrogen-bond acceptors (Lipinski definition) is 5. The Morgan fingerprint density at radius 2 is 2.12 bits per heavy atom. The van der Waals surface area contributed by atoms with Crippen molar-refractivity contribution in [1.29, 1.82) is 5.26 Å². The standard InChI is InChI=1S/C18H13F2N3O3/c1-2-26-18(25)16-17(24)12-6-11(7-21)23(15(12)8-22-16)9-10-3-4-13(19)14(20)5-10/h3-6,8,24H,2,9H2,1H3. The molecule has 0 aliphatic heterocycles. The van der Waals surface area contributed by atoms with Crippen LogP contribution in [-0.4, -0.2) is 27.2 Å². The summed E-state index contributed by atoms with van der Waals surface area (Å²) in [5.74, 6) is -3.15. The molecule has 0 spiro atoms. The molecule has 3 aromatic rings. The van der Waals surface area contributed by atoms with Crippen LogP contribution in [0.25, 0.3) is 10.9 Å². The number of nitrogens with zero attached hydrogens (tertiary/aromatic N) is 3. The zero-order valence-electron chi connectivity index (χ0n) is 13.7. The number of ether oxygens (including phenoxy) is 1. The minimum atomic E-state index is -0.997. The molecule has 2 aromatic heterocycles. The first-order valence-corrected chi connectivity index (χ1v) is 7.68. The normalized spacial score (nSPS) is 10.7. The lowest BCUT2D eigenvalue weighted by atomic mass is 10.2. The van der Waals surface area contributed by atoms with Crippen LogP contribution in [0, 0.1) is 23.0 Å². The molecular weight excluding hydrogens is 344 g/mol. The molecule has 0 amide bonds. The number of halogens is 2. The van der Waals surface area contributed by atoms with Gasteiger partial charge in [0.15, 0.2) is 23.1 Å². The van der Waals surface area contributed by atoms with Crippen LogP contribution in [0.4, 0.5) is 8.78 Å². The molecule has 0 aliphatic rings. The number of rotatable bonds is 4. The first-order valence-electron chi connectivity index (χ1n) is 7.68. The molecule has 0 radical (unpaired) electrons. The van der Waals surface area contributed by atoms with E-state index in [4.69, 9.17) is 4.74 Å². The predicted octanol–water partition coefficient (Wildman–Crippen LogP) is 3.12. The second-order valence-electron chi connectivity index (χ2n) is 5.45. The number of benzene rings is 1. The van der Waals surface area contributed by atoms with E-state index in [-0.39, 0.29) is 29.9 Å². The number of aromatic nitrogens is 2. The predicted molar refractivity (Wildman–Crippen MR) is 87.5 cm³/mol. The molecule has 1 aromatic carbocycles. The number of aromatic hydroxyl groups is 1. The van der Waals surface area contributed by atoms with E-state index in [0.717, 1.165) is 12.1 Å². The Morgan fingerprint density at radius 1 is 1.35 bits per heavy atom. The van der Waals surface area contributed by atoms with Crippen molar-refractivity contribution >= 4 is 16.9 Å². The highest BCUT2D eigenvalue weighted by Crippen LogP contribution is 2.31. The van der Waals surface area contributed by atoms with Crippen molar-refractivity contribution in [2.75, 3.05) is 6.61 Å². The van der Waals surface area contributed by atoms with Gasteiger partial charge in [0, 0.05) is 11.9 Å². The van der Waals surface area contributed by atoms with Gasteiger partial charge in [-0.05, 0) is 30.7 Å². The van der Waals surface area contributed by atoms with Gasteiger partial charge in [-0.2, -0.15) is 5.26 Å². The number of hydrogen-bond donors (Lipinski definition) is 1. The molecule has 3 rings (SSSR count). The summed E-state index contributed by atoms with van der Waals surface area (Å²) in [7, 11) is 0. The van der Waals surface area contributed by atoms with Crippen molar-refractivity contribution < 1.29 is 23.4 Å². The van der Waals surface area contributed by atoms with Gasteiger partial charge in [-0.3, -0.25) is 0 Å². The summed E-state index contributed by atoms with van der Waals surface area (Å²) in [5.41, 5.74) is 0.709. The summed E-state index contributed by atoms with van der Waals surface area (Å²) in [4.78, 5) is 15.8. The highest BCUT2D eigenvalue weighted by molar-refractivity contribution is 5.98. The Labute approximate surface area is 146 Å². The van der Waals surface area contributed by atoms with E-state index in [1.54, 1.807) is 6.92 Å². The lowest BCUT2D eigenvalue weighted by molar-refractivity contribution is 0.0516. The summed E-state index contributed by atoms with van der Waals surface area (Å²) >= 11 is 0. The van der Waals surface area contributed by atoms with Gasteiger partial charge in [0.05, 0.1) is 18.3 Å². The van der Waals surface area contributed by atoms with Crippen molar-refractivity contribution in [2.45, 2.75) is 13.5 Å². The molecule has 2 heterocycles. The Bertz CT molecular complexity index is 1050. The summed E-state index contributed by atoms with van der Waals surface area (Å²) < 4.78 is 32.8. The second-order valence-corrected chi connectivity index (χ2v) is 5.45. The molecule has 6 nitrogen and oxygen atoms in total. The van der Waals surface area contributed by atoms with Gasteiger partial charge in [-0.1, -0.05) is 6.07 Å². The molecule has 0 unspecified atom stereocenters. The van der Waals surface area contributed by atoms with Gasteiger partial charge >= 0.3 is 5.97 Å². The zero-order valence-corrected chi connectivity index (χ0v) is 13.7. The van der Waals surface area contributed by atoms with E-state index in [0.29, 0.717) is 11.1 Å². The first kappa shape index (κ1) is 17.4.